The van der Waals surface area contributed by atoms with Gasteiger partial charge >= 0.3 is 0 Å². The summed E-state index contributed by atoms with van der Waals surface area (Å²) in [6.07, 6.45) is 5.36. The van der Waals surface area contributed by atoms with Crippen molar-refractivity contribution in [3.63, 3.8) is 0 Å². The quantitative estimate of drug-likeness (QED) is 0.300. The number of guanidine groups is 1. The molecule has 142 valence electrons. The first kappa shape index (κ1) is 22.1. The highest BCUT2D eigenvalue weighted by Crippen LogP contribution is 2.26. The van der Waals surface area contributed by atoms with E-state index in [0.717, 1.165) is 63.4 Å². The standard InChI is InChI=1S/C18H31N5O.HI/c1-3-19-18(21-11-9-16-6-4-5-10-20-16)22-12-13-23(14-15-24-2)17-7-8-17;/h4-6,10,17H,3,7-9,11-15H2,1-2H3,(H2,19,21,22);1H. The number of nitrogens with one attached hydrogen (secondary N) is 2. The molecular formula is C18H32IN5O. The molecule has 0 aromatic carbocycles. The highest BCUT2D eigenvalue weighted by atomic mass is 127. The molecule has 25 heavy (non-hydrogen) atoms. The second-order valence-corrected chi connectivity index (χ2v) is 6.02. The molecule has 0 bridgehead atoms. The Morgan fingerprint density at radius 3 is 2.80 bits per heavy atom. The van der Waals surface area contributed by atoms with Crippen LogP contribution in [-0.2, 0) is 11.2 Å². The molecule has 1 aliphatic rings. The lowest BCUT2D eigenvalue weighted by Crippen LogP contribution is -2.39. The van der Waals surface area contributed by atoms with Crippen molar-refractivity contribution in [1.82, 2.24) is 20.5 Å². The third-order valence-corrected chi connectivity index (χ3v) is 4.05. The van der Waals surface area contributed by atoms with Gasteiger partial charge < -0.3 is 15.4 Å². The topological polar surface area (TPSA) is 61.8 Å². The Bertz CT molecular complexity index is 482. The van der Waals surface area contributed by atoms with Gasteiger partial charge in [0.05, 0.1) is 13.2 Å². The normalized spacial score (nSPS) is 14.3. The van der Waals surface area contributed by atoms with Gasteiger partial charge in [-0.15, -0.1) is 24.0 Å². The SMILES string of the molecule is CCNC(=NCCN(CCOC)C1CC1)NCCc1ccccn1.I. The van der Waals surface area contributed by atoms with Crippen LogP contribution < -0.4 is 10.6 Å². The van der Waals surface area contributed by atoms with Gasteiger partial charge in [-0.3, -0.25) is 14.9 Å². The lowest BCUT2D eigenvalue weighted by molar-refractivity contribution is 0.145. The Balaban J connectivity index is 0.00000312. The van der Waals surface area contributed by atoms with E-state index in [0.29, 0.717) is 0 Å². The summed E-state index contributed by atoms with van der Waals surface area (Å²) in [5, 5.41) is 6.69. The number of aromatic nitrogens is 1. The molecule has 6 nitrogen and oxygen atoms in total. The van der Waals surface area contributed by atoms with Crippen LogP contribution in [0.15, 0.2) is 29.4 Å². The smallest absolute Gasteiger partial charge is 0.191 e. The third-order valence-electron chi connectivity index (χ3n) is 4.05. The van der Waals surface area contributed by atoms with Crippen LogP contribution in [0.2, 0.25) is 0 Å². The number of hydrogen-bond donors (Lipinski definition) is 2. The molecule has 0 spiro atoms. The van der Waals surface area contributed by atoms with Gasteiger partial charge in [-0.25, -0.2) is 0 Å². The molecule has 1 fully saturated rings. The lowest BCUT2D eigenvalue weighted by Gasteiger charge is -2.20. The summed E-state index contributed by atoms with van der Waals surface area (Å²) in [7, 11) is 1.76. The van der Waals surface area contributed by atoms with Gasteiger partial charge in [-0.2, -0.15) is 0 Å². The Labute approximate surface area is 168 Å². The summed E-state index contributed by atoms with van der Waals surface area (Å²) < 4.78 is 5.20. The monoisotopic (exact) mass is 461 g/mol. The number of ether oxygens (including phenoxy) is 1. The number of rotatable bonds is 11. The van der Waals surface area contributed by atoms with Crippen molar-refractivity contribution < 1.29 is 4.74 Å². The second kappa shape index (κ2) is 13.3. The van der Waals surface area contributed by atoms with Crippen LogP contribution in [0.25, 0.3) is 0 Å². The minimum absolute atomic E-state index is 0. The van der Waals surface area contributed by atoms with Gasteiger partial charge in [0.1, 0.15) is 0 Å². The first-order valence-electron chi connectivity index (χ1n) is 8.98. The Hall–Kier alpha value is -0.930. The van der Waals surface area contributed by atoms with Gasteiger partial charge in [0.25, 0.3) is 0 Å². The van der Waals surface area contributed by atoms with Gasteiger partial charge in [-0.1, -0.05) is 6.07 Å². The molecule has 2 N–H and O–H groups in total. The van der Waals surface area contributed by atoms with Crippen molar-refractivity contribution in [2.24, 2.45) is 4.99 Å². The number of nitrogens with zero attached hydrogens (tertiary/aromatic N) is 3. The molecule has 1 heterocycles. The van der Waals surface area contributed by atoms with Crippen LogP contribution in [0.5, 0.6) is 0 Å². The van der Waals surface area contributed by atoms with Gasteiger partial charge in [-0.05, 0) is 31.9 Å². The molecule has 1 aromatic heterocycles. The maximum absolute atomic E-state index is 5.20. The van der Waals surface area contributed by atoms with Crippen molar-refractivity contribution in [2.45, 2.75) is 32.2 Å². The van der Waals surface area contributed by atoms with E-state index in [4.69, 9.17) is 9.73 Å². The molecule has 1 saturated carbocycles. The van der Waals surface area contributed by atoms with E-state index in [2.05, 4.69) is 33.5 Å². The summed E-state index contributed by atoms with van der Waals surface area (Å²) >= 11 is 0. The van der Waals surface area contributed by atoms with Crippen LogP contribution in [0.3, 0.4) is 0 Å². The number of pyridine rings is 1. The number of hydrogen-bond acceptors (Lipinski definition) is 4. The molecule has 0 radical (unpaired) electrons. The Kier molecular flexibility index (Phi) is 11.8. The van der Waals surface area contributed by atoms with Gasteiger partial charge in [0.15, 0.2) is 5.96 Å². The second-order valence-electron chi connectivity index (χ2n) is 6.02. The fourth-order valence-corrected chi connectivity index (χ4v) is 2.61. The zero-order chi connectivity index (χ0) is 17.0. The fraction of sp³-hybridized carbons (Fsp3) is 0.667. The van der Waals surface area contributed by atoms with Crippen molar-refractivity contribution in [1.29, 1.82) is 0 Å². The van der Waals surface area contributed by atoms with Crippen molar-refractivity contribution in [2.75, 3.05) is 46.4 Å². The van der Waals surface area contributed by atoms with E-state index in [1.165, 1.54) is 12.8 Å². The highest BCUT2D eigenvalue weighted by Gasteiger charge is 2.27. The summed E-state index contributed by atoms with van der Waals surface area (Å²) in [6, 6.07) is 6.76. The number of aliphatic imine (C=N–C) groups is 1. The predicted octanol–water partition coefficient (Wildman–Crippen LogP) is 1.91. The zero-order valence-electron chi connectivity index (χ0n) is 15.4. The minimum Gasteiger partial charge on any atom is -0.383 e. The molecule has 2 rings (SSSR count). The van der Waals surface area contributed by atoms with E-state index in [9.17, 15) is 0 Å². The summed E-state index contributed by atoms with van der Waals surface area (Å²) in [4.78, 5) is 11.5. The van der Waals surface area contributed by atoms with E-state index < -0.39 is 0 Å². The molecule has 0 unspecified atom stereocenters. The molecule has 0 saturated heterocycles. The maximum Gasteiger partial charge on any atom is 0.191 e. The van der Waals surface area contributed by atoms with E-state index in [1.807, 2.05) is 18.3 Å². The molecule has 0 atom stereocenters. The molecule has 1 aliphatic carbocycles. The van der Waals surface area contributed by atoms with Gasteiger partial charge in [0, 0.05) is 57.6 Å². The Morgan fingerprint density at radius 2 is 2.16 bits per heavy atom. The molecule has 7 heteroatoms. The summed E-state index contributed by atoms with van der Waals surface area (Å²) in [6.45, 7) is 7.38. The molecule has 1 aromatic rings. The number of halogens is 1. The van der Waals surface area contributed by atoms with Crippen molar-refractivity contribution in [3.8, 4) is 0 Å². The lowest BCUT2D eigenvalue weighted by atomic mass is 10.3. The largest absolute Gasteiger partial charge is 0.383 e. The van der Waals surface area contributed by atoms with E-state index >= 15 is 0 Å². The molecule has 0 amide bonds. The van der Waals surface area contributed by atoms with Crippen molar-refractivity contribution >= 4 is 29.9 Å². The first-order valence-corrected chi connectivity index (χ1v) is 8.98. The average Bonchev–Trinajstić information content (AvgIpc) is 3.44. The maximum atomic E-state index is 5.20. The predicted molar refractivity (Wildman–Crippen MR) is 114 cm³/mol. The van der Waals surface area contributed by atoms with Crippen LogP contribution >= 0.6 is 24.0 Å². The van der Waals surface area contributed by atoms with Crippen LogP contribution in [0.1, 0.15) is 25.5 Å². The highest BCUT2D eigenvalue weighted by molar-refractivity contribution is 14.0. The third kappa shape index (κ3) is 9.37. The number of methoxy groups -OCH3 is 1. The fourth-order valence-electron chi connectivity index (χ4n) is 2.61. The summed E-state index contributed by atoms with van der Waals surface area (Å²) in [5.74, 6) is 0.885. The van der Waals surface area contributed by atoms with Crippen molar-refractivity contribution in [3.05, 3.63) is 30.1 Å². The average molecular weight is 461 g/mol. The van der Waals surface area contributed by atoms with Crippen LogP contribution in [-0.4, -0.2) is 68.3 Å². The first-order chi connectivity index (χ1) is 11.8. The molecule has 0 aliphatic heterocycles. The Morgan fingerprint density at radius 1 is 1.32 bits per heavy atom. The minimum atomic E-state index is 0. The van der Waals surface area contributed by atoms with E-state index in [-0.39, 0.29) is 24.0 Å². The van der Waals surface area contributed by atoms with Crippen LogP contribution in [0, 0.1) is 0 Å². The van der Waals surface area contributed by atoms with E-state index in [1.54, 1.807) is 7.11 Å². The zero-order valence-corrected chi connectivity index (χ0v) is 17.7. The molecular weight excluding hydrogens is 429 g/mol. The summed E-state index contributed by atoms with van der Waals surface area (Å²) in [5.41, 5.74) is 1.10. The van der Waals surface area contributed by atoms with Crippen LogP contribution in [0.4, 0.5) is 0 Å². The van der Waals surface area contributed by atoms with Gasteiger partial charge in [0.2, 0.25) is 0 Å².